The monoisotopic (exact) mass is 553 g/mol. The van der Waals surface area contributed by atoms with Gasteiger partial charge >= 0.3 is 5.56 Å². The molecule has 3 N–H and O–H groups in total. The van der Waals surface area contributed by atoms with Crippen LogP contribution in [-0.4, -0.2) is 54.7 Å². The molecule has 2 amide bonds. The standard InChI is InChI=1S/C28H32ClN5O5/c1-15-13-23(26(36)33-32-15)39-22-11-9-20(30-16(22)2)25(35)31-17(3)27(37)34-21(10-12-24(34)28(4,5)38)18-7-6-8-19(29)14-18/h6-9,11,13-14,17,21,24,38H,10,12H2,1-5H3,(H,31,35)(H,33,36)/t17-,21+,24-/m1/s1. The highest BCUT2D eigenvalue weighted by molar-refractivity contribution is 6.30. The van der Waals surface area contributed by atoms with Crippen LogP contribution >= 0.6 is 11.6 Å². The van der Waals surface area contributed by atoms with Crippen molar-refractivity contribution in [2.75, 3.05) is 0 Å². The number of amides is 2. The Kier molecular flexibility index (Phi) is 8.08. The fraction of sp³-hybridized carbons (Fsp3) is 0.393. The Labute approximate surface area is 231 Å². The van der Waals surface area contributed by atoms with Gasteiger partial charge in [-0.15, -0.1) is 0 Å². The number of benzene rings is 1. The van der Waals surface area contributed by atoms with Gasteiger partial charge in [0.15, 0.2) is 5.75 Å². The first-order valence-corrected chi connectivity index (χ1v) is 13.1. The molecule has 0 aliphatic carbocycles. The van der Waals surface area contributed by atoms with Crippen molar-refractivity contribution in [3.05, 3.63) is 80.5 Å². The van der Waals surface area contributed by atoms with Gasteiger partial charge < -0.3 is 20.1 Å². The third-order valence-electron chi connectivity index (χ3n) is 6.79. The number of aryl methyl sites for hydroxylation is 2. The quantitative estimate of drug-likeness (QED) is 0.404. The Bertz CT molecular complexity index is 1450. The van der Waals surface area contributed by atoms with E-state index in [4.69, 9.17) is 16.3 Å². The average Bonchev–Trinajstić information content (AvgIpc) is 3.33. The summed E-state index contributed by atoms with van der Waals surface area (Å²) in [5.41, 5.74) is 0.293. The predicted octanol–water partition coefficient (Wildman–Crippen LogP) is 3.85. The molecule has 3 aromatic rings. The highest BCUT2D eigenvalue weighted by Gasteiger charge is 2.45. The zero-order valence-corrected chi connectivity index (χ0v) is 23.2. The van der Waals surface area contributed by atoms with Crippen LogP contribution in [0.1, 0.15) is 67.1 Å². The fourth-order valence-corrected chi connectivity index (χ4v) is 5.07. The zero-order chi connectivity index (χ0) is 28.5. The number of aromatic amines is 1. The second-order valence-corrected chi connectivity index (χ2v) is 10.8. The molecule has 10 nitrogen and oxygen atoms in total. The SMILES string of the molecule is Cc1cc(Oc2ccc(C(=O)N[C@H](C)C(=O)N3[C@H](c4cccc(Cl)c4)CC[C@@H]3C(C)(C)O)nc2C)c(=O)[nH]n1. The van der Waals surface area contributed by atoms with Gasteiger partial charge in [0, 0.05) is 11.1 Å². The Balaban J connectivity index is 1.51. The number of nitrogens with one attached hydrogen (secondary N) is 2. The summed E-state index contributed by atoms with van der Waals surface area (Å²) in [5.74, 6) is -0.491. The molecule has 206 valence electrons. The van der Waals surface area contributed by atoms with E-state index in [9.17, 15) is 19.5 Å². The Morgan fingerprint density at radius 3 is 2.59 bits per heavy atom. The van der Waals surface area contributed by atoms with Crippen molar-refractivity contribution in [2.45, 2.75) is 71.2 Å². The second kappa shape index (κ2) is 11.2. The minimum atomic E-state index is -1.14. The number of hydrogen-bond donors (Lipinski definition) is 3. The van der Waals surface area contributed by atoms with Crippen LogP contribution in [0.4, 0.5) is 0 Å². The van der Waals surface area contributed by atoms with Crippen LogP contribution < -0.4 is 15.6 Å². The molecule has 1 saturated heterocycles. The minimum absolute atomic E-state index is 0.0602. The third-order valence-corrected chi connectivity index (χ3v) is 7.03. The van der Waals surface area contributed by atoms with Gasteiger partial charge in [0.25, 0.3) is 5.91 Å². The van der Waals surface area contributed by atoms with E-state index in [0.717, 1.165) is 5.56 Å². The number of carbonyl (C=O) groups excluding carboxylic acids is 2. The van der Waals surface area contributed by atoms with E-state index in [1.165, 1.54) is 12.1 Å². The lowest BCUT2D eigenvalue weighted by molar-refractivity contribution is -0.141. The molecule has 3 heterocycles. The Morgan fingerprint density at radius 2 is 1.92 bits per heavy atom. The highest BCUT2D eigenvalue weighted by atomic mass is 35.5. The Hall–Kier alpha value is -3.76. The van der Waals surface area contributed by atoms with Crippen LogP contribution in [0.25, 0.3) is 0 Å². The first-order chi connectivity index (χ1) is 18.3. The molecule has 0 unspecified atom stereocenters. The normalized spacial score (nSPS) is 18.1. The third kappa shape index (κ3) is 6.29. The molecule has 0 spiro atoms. The fourth-order valence-electron chi connectivity index (χ4n) is 4.87. The largest absolute Gasteiger partial charge is 0.450 e. The summed E-state index contributed by atoms with van der Waals surface area (Å²) in [5, 5.41) is 20.3. The molecule has 11 heteroatoms. The van der Waals surface area contributed by atoms with E-state index >= 15 is 0 Å². The molecule has 39 heavy (non-hydrogen) atoms. The van der Waals surface area contributed by atoms with Gasteiger partial charge in [0.05, 0.1) is 29.1 Å². The first-order valence-electron chi connectivity index (χ1n) is 12.7. The molecule has 0 bridgehead atoms. The van der Waals surface area contributed by atoms with Gasteiger partial charge in [0.2, 0.25) is 5.91 Å². The molecule has 0 radical (unpaired) electrons. The number of aromatic nitrogens is 3. The van der Waals surface area contributed by atoms with E-state index in [2.05, 4.69) is 20.5 Å². The molecule has 1 fully saturated rings. The van der Waals surface area contributed by atoms with E-state index in [1.54, 1.807) is 51.7 Å². The number of H-pyrrole nitrogens is 1. The highest BCUT2D eigenvalue weighted by Crippen LogP contribution is 2.41. The van der Waals surface area contributed by atoms with Gasteiger partial charge in [-0.2, -0.15) is 5.10 Å². The molecular weight excluding hydrogens is 522 g/mol. The molecule has 1 aromatic carbocycles. The van der Waals surface area contributed by atoms with Gasteiger partial charge in [-0.05, 0) is 77.3 Å². The van der Waals surface area contributed by atoms with E-state index < -0.39 is 29.2 Å². The lowest BCUT2D eigenvalue weighted by atomic mass is 9.96. The number of ether oxygens (including phenoxy) is 1. The second-order valence-electron chi connectivity index (χ2n) is 10.3. The van der Waals surface area contributed by atoms with Crippen molar-refractivity contribution in [1.82, 2.24) is 25.4 Å². The van der Waals surface area contributed by atoms with Crippen LogP contribution in [-0.2, 0) is 4.79 Å². The summed E-state index contributed by atoms with van der Waals surface area (Å²) in [6.07, 6.45) is 1.26. The molecule has 3 atom stereocenters. The van der Waals surface area contributed by atoms with Crippen molar-refractivity contribution in [3.8, 4) is 11.5 Å². The molecule has 2 aromatic heterocycles. The smallest absolute Gasteiger partial charge is 0.307 e. The number of likely N-dealkylation sites (tertiary alicyclic amines) is 1. The summed E-state index contributed by atoms with van der Waals surface area (Å²) in [6.45, 7) is 8.33. The van der Waals surface area contributed by atoms with E-state index in [1.807, 2.05) is 18.2 Å². The maximum atomic E-state index is 13.7. The first kappa shape index (κ1) is 28.3. The zero-order valence-electron chi connectivity index (χ0n) is 22.5. The van der Waals surface area contributed by atoms with Crippen molar-refractivity contribution >= 4 is 23.4 Å². The number of hydrogen-bond acceptors (Lipinski definition) is 7. The van der Waals surface area contributed by atoms with Crippen molar-refractivity contribution in [2.24, 2.45) is 0 Å². The molecule has 4 rings (SSSR count). The number of pyridine rings is 1. The minimum Gasteiger partial charge on any atom is -0.450 e. The van der Waals surface area contributed by atoms with Crippen molar-refractivity contribution < 1.29 is 19.4 Å². The number of nitrogens with zero attached hydrogens (tertiary/aromatic N) is 3. The number of rotatable bonds is 7. The lowest BCUT2D eigenvalue weighted by Crippen LogP contribution is -2.54. The summed E-state index contributed by atoms with van der Waals surface area (Å²) in [6, 6.07) is 10.2. The van der Waals surface area contributed by atoms with Crippen LogP contribution in [0.3, 0.4) is 0 Å². The van der Waals surface area contributed by atoms with Crippen LogP contribution in [0.2, 0.25) is 5.02 Å². The topological polar surface area (TPSA) is 138 Å². The molecule has 1 aliphatic heterocycles. The van der Waals surface area contributed by atoms with E-state index in [-0.39, 0.29) is 23.4 Å². The maximum absolute atomic E-state index is 13.7. The van der Waals surface area contributed by atoms with Crippen molar-refractivity contribution in [1.29, 1.82) is 0 Å². The predicted molar refractivity (Wildman–Crippen MR) is 146 cm³/mol. The van der Waals surface area contributed by atoms with E-state index in [0.29, 0.717) is 35.0 Å². The van der Waals surface area contributed by atoms with Gasteiger partial charge in [-0.3, -0.25) is 14.4 Å². The molecule has 0 saturated carbocycles. The van der Waals surface area contributed by atoms with Crippen LogP contribution in [0.15, 0.2) is 47.3 Å². The lowest BCUT2D eigenvalue weighted by Gasteiger charge is -2.38. The summed E-state index contributed by atoms with van der Waals surface area (Å²) in [7, 11) is 0. The van der Waals surface area contributed by atoms with Crippen LogP contribution in [0.5, 0.6) is 11.5 Å². The molecule has 1 aliphatic rings. The summed E-state index contributed by atoms with van der Waals surface area (Å²) < 4.78 is 5.68. The van der Waals surface area contributed by atoms with Gasteiger partial charge in [-0.1, -0.05) is 23.7 Å². The maximum Gasteiger partial charge on any atom is 0.307 e. The number of carbonyl (C=O) groups is 2. The van der Waals surface area contributed by atoms with Crippen LogP contribution in [0, 0.1) is 13.8 Å². The van der Waals surface area contributed by atoms with Crippen molar-refractivity contribution in [3.63, 3.8) is 0 Å². The Morgan fingerprint density at radius 1 is 1.18 bits per heavy atom. The van der Waals surface area contributed by atoms with Gasteiger partial charge in [0.1, 0.15) is 17.5 Å². The summed E-state index contributed by atoms with van der Waals surface area (Å²) in [4.78, 5) is 44.7. The number of aliphatic hydroxyl groups is 1. The average molecular weight is 554 g/mol. The summed E-state index contributed by atoms with van der Waals surface area (Å²) >= 11 is 6.21. The number of halogens is 1. The van der Waals surface area contributed by atoms with Gasteiger partial charge in [-0.25, -0.2) is 10.1 Å². The molecular formula is C28H32ClN5O5.